The van der Waals surface area contributed by atoms with Gasteiger partial charge in [0.15, 0.2) is 17.3 Å². The van der Waals surface area contributed by atoms with Crippen LogP contribution in [0, 0.1) is 0 Å². The highest BCUT2D eigenvalue weighted by atomic mass is 16.5. The first kappa shape index (κ1) is 17.4. The maximum absolute atomic E-state index is 12.9. The Bertz CT molecular complexity index is 944. The first-order chi connectivity index (χ1) is 13.2. The van der Waals surface area contributed by atoms with Gasteiger partial charge >= 0.3 is 0 Å². The normalized spacial score (nSPS) is 20.0. The topological polar surface area (TPSA) is 38.8 Å². The highest BCUT2D eigenvalue weighted by molar-refractivity contribution is 6.10. The molecule has 2 aliphatic heterocycles. The van der Waals surface area contributed by atoms with Crippen LogP contribution in [0.5, 0.6) is 11.5 Å². The fraction of sp³-hybridized carbons (Fsp3) is 0.261. The summed E-state index contributed by atoms with van der Waals surface area (Å²) in [7, 11) is 3.29. The number of hydrogen-bond acceptors (Lipinski definition) is 4. The second-order valence-corrected chi connectivity index (χ2v) is 6.76. The third kappa shape index (κ3) is 2.81. The van der Waals surface area contributed by atoms with Gasteiger partial charge in [0.1, 0.15) is 0 Å². The summed E-state index contributed by atoms with van der Waals surface area (Å²) in [6, 6.07) is 14.1. The van der Waals surface area contributed by atoms with Gasteiger partial charge < -0.3 is 14.4 Å². The van der Waals surface area contributed by atoms with Gasteiger partial charge in [0, 0.05) is 23.9 Å². The monoisotopic (exact) mass is 361 g/mol. The zero-order valence-electron chi connectivity index (χ0n) is 15.9. The quantitative estimate of drug-likeness (QED) is 0.769. The minimum absolute atomic E-state index is 0.0697. The number of rotatable bonds is 3. The molecule has 4 rings (SSSR count). The van der Waals surface area contributed by atoms with Gasteiger partial charge in [-0.25, -0.2) is 0 Å². The van der Waals surface area contributed by atoms with Gasteiger partial charge in [-0.05, 0) is 42.2 Å². The molecule has 0 amide bonds. The molecule has 0 radical (unpaired) electrons. The van der Waals surface area contributed by atoms with E-state index < -0.39 is 0 Å². The summed E-state index contributed by atoms with van der Waals surface area (Å²) in [4.78, 5) is 15.3. The summed E-state index contributed by atoms with van der Waals surface area (Å²) in [5.74, 6) is 1.49. The van der Waals surface area contributed by atoms with Crippen molar-refractivity contribution in [2.75, 3.05) is 20.8 Å². The largest absolute Gasteiger partial charge is 0.493 e. The van der Waals surface area contributed by atoms with Crippen LogP contribution in [0.2, 0.25) is 0 Å². The van der Waals surface area contributed by atoms with Crippen LogP contribution in [0.4, 0.5) is 0 Å². The van der Waals surface area contributed by atoms with E-state index >= 15 is 0 Å². The standard InChI is InChI=1S/C23H23NO3/c1-4-17-20(25)14-19(15-8-6-5-7-9-15)24-11-10-16-12-21(26-2)22(27-3)13-18(16)23(17)24/h4-9,12-14,23H,10-11H2,1-3H3/b17-4-. The van der Waals surface area contributed by atoms with E-state index in [0.717, 1.165) is 41.1 Å². The average molecular weight is 361 g/mol. The number of benzene rings is 2. The summed E-state index contributed by atoms with van der Waals surface area (Å²) < 4.78 is 11.0. The molecule has 2 heterocycles. The minimum Gasteiger partial charge on any atom is -0.493 e. The van der Waals surface area contributed by atoms with Crippen molar-refractivity contribution >= 4 is 11.5 Å². The van der Waals surface area contributed by atoms with E-state index in [-0.39, 0.29) is 11.8 Å². The lowest BCUT2D eigenvalue weighted by molar-refractivity contribution is -0.112. The summed E-state index contributed by atoms with van der Waals surface area (Å²) in [5.41, 5.74) is 5.17. The first-order valence-corrected chi connectivity index (χ1v) is 9.17. The van der Waals surface area contributed by atoms with Gasteiger partial charge in [-0.1, -0.05) is 36.4 Å². The second kappa shape index (κ2) is 6.95. The third-order valence-electron chi connectivity index (χ3n) is 5.41. The minimum atomic E-state index is -0.105. The van der Waals surface area contributed by atoms with Crippen molar-refractivity contribution in [3.63, 3.8) is 0 Å². The van der Waals surface area contributed by atoms with Crippen LogP contribution in [-0.2, 0) is 11.2 Å². The highest BCUT2D eigenvalue weighted by Gasteiger charge is 2.38. The number of carbonyl (C=O) groups excluding carboxylic acids is 1. The van der Waals surface area contributed by atoms with Crippen molar-refractivity contribution in [2.45, 2.75) is 19.4 Å². The Morgan fingerprint density at radius 1 is 1.07 bits per heavy atom. The van der Waals surface area contributed by atoms with E-state index in [4.69, 9.17) is 9.47 Å². The Hall–Kier alpha value is -3.01. The second-order valence-electron chi connectivity index (χ2n) is 6.76. The van der Waals surface area contributed by atoms with Gasteiger partial charge in [-0.15, -0.1) is 0 Å². The Balaban J connectivity index is 1.89. The molecule has 0 aromatic heterocycles. The molecule has 0 bridgehead atoms. The molecule has 0 N–H and O–H groups in total. The van der Waals surface area contributed by atoms with E-state index in [1.807, 2.05) is 43.3 Å². The number of ketones is 1. The average Bonchev–Trinajstić information content (AvgIpc) is 2.72. The molecule has 0 saturated carbocycles. The predicted octanol–water partition coefficient (Wildman–Crippen LogP) is 4.17. The molecule has 138 valence electrons. The summed E-state index contributed by atoms with van der Waals surface area (Å²) in [6.07, 6.45) is 4.60. The van der Waals surface area contributed by atoms with Crippen LogP contribution in [0.3, 0.4) is 0 Å². The van der Waals surface area contributed by atoms with E-state index in [9.17, 15) is 4.79 Å². The van der Waals surface area contributed by atoms with Gasteiger partial charge in [0.2, 0.25) is 0 Å². The fourth-order valence-corrected chi connectivity index (χ4v) is 4.12. The Kier molecular flexibility index (Phi) is 4.48. The molecule has 4 heteroatoms. The van der Waals surface area contributed by atoms with E-state index in [2.05, 4.69) is 17.0 Å². The summed E-state index contributed by atoms with van der Waals surface area (Å²) >= 11 is 0. The van der Waals surface area contributed by atoms with Crippen molar-refractivity contribution in [1.82, 2.24) is 4.90 Å². The Morgan fingerprint density at radius 3 is 2.44 bits per heavy atom. The number of allylic oxidation sites excluding steroid dienone is 2. The van der Waals surface area contributed by atoms with Gasteiger partial charge in [0.05, 0.1) is 20.3 Å². The van der Waals surface area contributed by atoms with Crippen molar-refractivity contribution in [1.29, 1.82) is 0 Å². The zero-order chi connectivity index (χ0) is 19.0. The number of methoxy groups -OCH3 is 2. The molecule has 4 nitrogen and oxygen atoms in total. The molecule has 0 fully saturated rings. The smallest absolute Gasteiger partial charge is 0.186 e. The molecule has 2 aliphatic rings. The van der Waals surface area contributed by atoms with Crippen LogP contribution in [0.15, 0.2) is 60.2 Å². The van der Waals surface area contributed by atoms with Crippen molar-refractivity contribution < 1.29 is 14.3 Å². The Labute approximate surface area is 159 Å². The fourth-order valence-electron chi connectivity index (χ4n) is 4.12. The van der Waals surface area contributed by atoms with Gasteiger partial charge in [-0.2, -0.15) is 0 Å². The van der Waals surface area contributed by atoms with Crippen LogP contribution in [0.1, 0.15) is 29.7 Å². The Morgan fingerprint density at radius 2 is 1.78 bits per heavy atom. The SMILES string of the molecule is C/C=C1/C(=O)C=C(c2ccccc2)N2CCc3cc(OC)c(OC)cc3C12. The van der Waals surface area contributed by atoms with Crippen molar-refractivity contribution in [3.05, 3.63) is 76.9 Å². The maximum Gasteiger partial charge on any atom is 0.186 e. The lowest BCUT2D eigenvalue weighted by Gasteiger charge is -2.43. The van der Waals surface area contributed by atoms with E-state index in [1.54, 1.807) is 20.3 Å². The van der Waals surface area contributed by atoms with E-state index in [1.165, 1.54) is 5.56 Å². The van der Waals surface area contributed by atoms with Gasteiger partial charge in [-0.3, -0.25) is 4.79 Å². The molecule has 2 aromatic rings. The number of nitrogens with zero attached hydrogens (tertiary/aromatic N) is 1. The highest BCUT2D eigenvalue weighted by Crippen LogP contribution is 2.46. The maximum atomic E-state index is 12.9. The van der Waals surface area contributed by atoms with Crippen LogP contribution >= 0.6 is 0 Å². The molecule has 0 aliphatic carbocycles. The summed E-state index contributed by atoms with van der Waals surface area (Å²) in [6.45, 7) is 2.78. The lowest BCUT2D eigenvalue weighted by atomic mass is 9.82. The summed E-state index contributed by atoms with van der Waals surface area (Å²) in [5, 5.41) is 0. The number of carbonyl (C=O) groups is 1. The predicted molar refractivity (Wildman–Crippen MR) is 106 cm³/mol. The van der Waals surface area contributed by atoms with Crippen LogP contribution < -0.4 is 9.47 Å². The number of hydrogen-bond donors (Lipinski definition) is 0. The third-order valence-corrected chi connectivity index (χ3v) is 5.41. The molecule has 27 heavy (non-hydrogen) atoms. The zero-order valence-corrected chi connectivity index (χ0v) is 15.9. The van der Waals surface area contributed by atoms with Crippen LogP contribution in [-0.4, -0.2) is 31.4 Å². The number of fused-ring (bicyclic) bond motifs is 3. The molecule has 2 aromatic carbocycles. The van der Waals surface area contributed by atoms with Crippen molar-refractivity contribution in [3.8, 4) is 11.5 Å². The van der Waals surface area contributed by atoms with Crippen LogP contribution in [0.25, 0.3) is 5.70 Å². The van der Waals surface area contributed by atoms with E-state index in [0.29, 0.717) is 5.75 Å². The van der Waals surface area contributed by atoms with Crippen molar-refractivity contribution in [2.24, 2.45) is 0 Å². The first-order valence-electron chi connectivity index (χ1n) is 9.17. The molecule has 0 spiro atoms. The number of ether oxygens (including phenoxy) is 2. The molecule has 0 saturated heterocycles. The molecular weight excluding hydrogens is 338 g/mol. The van der Waals surface area contributed by atoms with Gasteiger partial charge in [0.25, 0.3) is 0 Å². The molecule has 1 unspecified atom stereocenters. The lowest BCUT2D eigenvalue weighted by Crippen LogP contribution is -2.39. The molecule has 1 atom stereocenters. The molecular formula is C23H23NO3.